The summed E-state index contributed by atoms with van der Waals surface area (Å²) in [4.78, 5) is 6.38. The Morgan fingerprint density at radius 2 is 2.60 bits per heavy atom. The number of oxazole rings is 1. The predicted octanol–water partition coefficient (Wildman–Crippen LogP) is 1.50. The van der Waals surface area contributed by atoms with Gasteiger partial charge in [-0.2, -0.15) is 16.7 Å². The molecule has 2 rings (SSSR count). The van der Waals surface area contributed by atoms with Crippen LogP contribution < -0.4 is 4.90 Å². The van der Waals surface area contributed by atoms with Crippen LogP contribution in [0.25, 0.3) is 0 Å². The molecule has 0 spiro atoms. The summed E-state index contributed by atoms with van der Waals surface area (Å²) in [6, 6.07) is 0.651. The van der Waals surface area contributed by atoms with Gasteiger partial charge in [0.15, 0.2) is 0 Å². The maximum Gasteiger partial charge on any atom is 0.297 e. The third kappa shape index (κ3) is 2.46. The Kier molecular flexibility index (Phi) is 3.53. The summed E-state index contributed by atoms with van der Waals surface area (Å²) in [6.07, 6.45) is 2.70. The summed E-state index contributed by atoms with van der Waals surface area (Å²) in [7, 11) is 0. The van der Waals surface area contributed by atoms with Crippen molar-refractivity contribution in [2.45, 2.75) is 25.2 Å². The van der Waals surface area contributed by atoms with Crippen LogP contribution in [0.4, 0.5) is 6.01 Å². The number of aromatic nitrogens is 1. The minimum Gasteiger partial charge on any atom is -0.432 e. The van der Waals surface area contributed by atoms with Gasteiger partial charge in [0.25, 0.3) is 6.01 Å². The number of hydrogen-bond acceptors (Lipinski definition) is 5. The number of aliphatic hydroxyl groups is 1. The Bertz CT molecular complexity index is 316. The number of rotatable bonds is 3. The number of thioether (sulfide) groups is 1. The maximum atomic E-state index is 8.90. The van der Waals surface area contributed by atoms with E-state index in [1.165, 1.54) is 12.7 Å². The molecule has 1 aliphatic rings. The number of aliphatic hydroxyl groups excluding tert-OH is 1. The van der Waals surface area contributed by atoms with Crippen LogP contribution in [0.3, 0.4) is 0 Å². The molecular weight excluding hydrogens is 212 g/mol. The first-order valence-electron chi connectivity index (χ1n) is 5.25. The van der Waals surface area contributed by atoms with Crippen LogP contribution in [0.1, 0.15) is 19.0 Å². The van der Waals surface area contributed by atoms with Gasteiger partial charge < -0.3 is 14.4 Å². The zero-order valence-electron chi connectivity index (χ0n) is 8.85. The van der Waals surface area contributed by atoms with Gasteiger partial charge in [-0.25, -0.2) is 0 Å². The smallest absolute Gasteiger partial charge is 0.297 e. The molecule has 84 valence electrons. The molecule has 1 aromatic rings. The van der Waals surface area contributed by atoms with Crippen LogP contribution in [0, 0.1) is 0 Å². The van der Waals surface area contributed by atoms with Gasteiger partial charge in [0.1, 0.15) is 12.0 Å². The second kappa shape index (κ2) is 4.90. The molecule has 1 aliphatic heterocycles. The standard InChI is InChI=1S/C10H16N2O2S/c1-2-9-5-12(3-4-15-9)10-11-8(6-13)7-14-10/h7,9,13H,2-6H2,1H3. The van der Waals surface area contributed by atoms with Gasteiger partial charge in [-0.15, -0.1) is 0 Å². The first kappa shape index (κ1) is 10.8. The minimum atomic E-state index is -0.0523. The van der Waals surface area contributed by atoms with Crippen molar-refractivity contribution in [3.05, 3.63) is 12.0 Å². The molecule has 1 aromatic heterocycles. The van der Waals surface area contributed by atoms with Crippen molar-refractivity contribution in [3.63, 3.8) is 0 Å². The van der Waals surface area contributed by atoms with E-state index in [1.807, 2.05) is 11.8 Å². The van der Waals surface area contributed by atoms with Crippen molar-refractivity contribution in [3.8, 4) is 0 Å². The SMILES string of the molecule is CCC1CN(c2nc(CO)co2)CCS1. The summed E-state index contributed by atoms with van der Waals surface area (Å²) >= 11 is 2.01. The highest BCUT2D eigenvalue weighted by molar-refractivity contribution is 8.00. The molecule has 1 saturated heterocycles. The van der Waals surface area contributed by atoms with Gasteiger partial charge in [0.05, 0.1) is 6.61 Å². The van der Waals surface area contributed by atoms with Crippen LogP contribution >= 0.6 is 11.8 Å². The fourth-order valence-corrected chi connectivity index (χ4v) is 2.83. The lowest BCUT2D eigenvalue weighted by atomic mass is 10.3. The number of anilines is 1. The van der Waals surface area contributed by atoms with E-state index < -0.39 is 0 Å². The van der Waals surface area contributed by atoms with E-state index in [4.69, 9.17) is 9.52 Å². The van der Waals surface area contributed by atoms with Gasteiger partial charge in [0, 0.05) is 24.1 Å². The quantitative estimate of drug-likeness (QED) is 0.849. The molecule has 0 aliphatic carbocycles. The van der Waals surface area contributed by atoms with Gasteiger partial charge in [0.2, 0.25) is 0 Å². The van der Waals surface area contributed by atoms with Crippen molar-refractivity contribution < 1.29 is 9.52 Å². The van der Waals surface area contributed by atoms with Crippen molar-refractivity contribution >= 4 is 17.8 Å². The lowest BCUT2D eigenvalue weighted by molar-refractivity contribution is 0.276. The second-order valence-electron chi connectivity index (χ2n) is 3.63. The topological polar surface area (TPSA) is 49.5 Å². The maximum absolute atomic E-state index is 8.90. The van der Waals surface area contributed by atoms with Crippen molar-refractivity contribution in [2.24, 2.45) is 0 Å². The molecule has 5 heteroatoms. The molecular formula is C10H16N2O2S. The van der Waals surface area contributed by atoms with Crippen molar-refractivity contribution in [1.82, 2.24) is 4.98 Å². The average Bonchev–Trinajstić information content (AvgIpc) is 2.78. The summed E-state index contributed by atoms with van der Waals surface area (Å²) < 4.78 is 5.33. The third-order valence-corrected chi connectivity index (χ3v) is 3.94. The third-order valence-electron chi connectivity index (χ3n) is 2.57. The van der Waals surface area contributed by atoms with E-state index >= 15 is 0 Å². The second-order valence-corrected chi connectivity index (χ2v) is 5.03. The van der Waals surface area contributed by atoms with Gasteiger partial charge in [-0.1, -0.05) is 6.92 Å². The Morgan fingerprint density at radius 1 is 1.73 bits per heavy atom. The molecule has 0 bridgehead atoms. The van der Waals surface area contributed by atoms with E-state index in [0.717, 1.165) is 18.8 Å². The monoisotopic (exact) mass is 228 g/mol. The first-order valence-corrected chi connectivity index (χ1v) is 6.30. The Hall–Kier alpha value is -0.680. The van der Waals surface area contributed by atoms with E-state index in [0.29, 0.717) is 17.0 Å². The van der Waals surface area contributed by atoms with Gasteiger partial charge >= 0.3 is 0 Å². The molecule has 1 fully saturated rings. The average molecular weight is 228 g/mol. The summed E-state index contributed by atoms with van der Waals surface area (Å²) in [5, 5.41) is 9.57. The van der Waals surface area contributed by atoms with Crippen LogP contribution in [-0.4, -0.2) is 34.2 Å². The van der Waals surface area contributed by atoms with E-state index in [9.17, 15) is 0 Å². The molecule has 0 saturated carbocycles. The Morgan fingerprint density at radius 3 is 3.27 bits per heavy atom. The highest BCUT2D eigenvalue weighted by Gasteiger charge is 2.22. The van der Waals surface area contributed by atoms with Crippen LogP contribution in [0.5, 0.6) is 0 Å². The summed E-state index contributed by atoms with van der Waals surface area (Å²) in [5.41, 5.74) is 0.608. The van der Waals surface area contributed by atoms with Gasteiger partial charge in [-0.05, 0) is 6.42 Å². The minimum absolute atomic E-state index is 0.0523. The normalized spacial score (nSPS) is 22.0. The van der Waals surface area contributed by atoms with Crippen LogP contribution in [0.15, 0.2) is 10.7 Å². The predicted molar refractivity (Wildman–Crippen MR) is 61.2 cm³/mol. The molecule has 1 N–H and O–H groups in total. The molecule has 0 amide bonds. The number of nitrogens with zero attached hydrogens (tertiary/aromatic N) is 2. The fraction of sp³-hybridized carbons (Fsp3) is 0.700. The van der Waals surface area contributed by atoms with Crippen LogP contribution in [-0.2, 0) is 6.61 Å². The first-order chi connectivity index (χ1) is 7.33. The molecule has 0 aromatic carbocycles. The van der Waals surface area contributed by atoms with Crippen molar-refractivity contribution in [2.75, 3.05) is 23.7 Å². The number of hydrogen-bond donors (Lipinski definition) is 1. The zero-order chi connectivity index (χ0) is 10.7. The lowest BCUT2D eigenvalue weighted by Gasteiger charge is -2.30. The largest absolute Gasteiger partial charge is 0.432 e. The Labute approximate surface area is 93.7 Å². The van der Waals surface area contributed by atoms with Crippen LogP contribution in [0.2, 0.25) is 0 Å². The van der Waals surface area contributed by atoms with Crippen molar-refractivity contribution in [1.29, 1.82) is 0 Å². The molecule has 1 atom stereocenters. The zero-order valence-corrected chi connectivity index (χ0v) is 9.66. The van der Waals surface area contributed by atoms with E-state index in [1.54, 1.807) is 0 Å². The van der Waals surface area contributed by atoms with Gasteiger partial charge in [-0.3, -0.25) is 0 Å². The molecule has 15 heavy (non-hydrogen) atoms. The highest BCUT2D eigenvalue weighted by Crippen LogP contribution is 2.25. The summed E-state index contributed by atoms with van der Waals surface area (Å²) in [6.45, 7) is 4.12. The highest BCUT2D eigenvalue weighted by atomic mass is 32.2. The molecule has 2 heterocycles. The summed E-state index contributed by atoms with van der Waals surface area (Å²) in [5.74, 6) is 1.12. The fourth-order valence-electron chi connectivity index (χ4n) is 1.65. The molecule has 0 radical (unpaired) electrons. The van der Waals surface area contributed by atoms with E-state index in [2.05, 4.69) is 16.8 Å². The van der Waals surface area contributed by atoms with E-state index in [-0.39, 0.29) is 6.61 Å². The molecule has 4 nitrogen and oxygen atoms in total. The molecule has 1 unspecified atom stereocenters. The Balaban J connectivity index is 2.03. The lowest BCUT2D eigenvalue weighted by Crippen LogP contribution is -2.37.